The van der Waals surface area contributed by atoms with Crippen molar-refractivity contribution in [2.24, 2.45) is 0 Å². The number of nitrogens with one attached hydrogen (secondary N) is 1. The van der Waals surface area contributed by atoms with Crippen LogP contribution in [0.2, 0.25) is 0 Å². The summed E-state index contributed by atoms with van der Waals surface area (Å²) >= 11 is 0. The number of rotatable bonds is 4. The van der Waals surface area contributed by atoms with E-state index < -0.39 is 0 Å². The molecule has 0 radical (unpaired) electrons. The van der Waals surface area contributed by atoms with Gasteiger partial charge in [-0.1, -0.05) is 25.3 Å². The molecular weight excluding hydrogens is 212 g/mol. The Kier molecular flexibility index (Phi) is 4.13. The largest absolute Gasteiger partial charge is 0.394 e. The zero-order valence-corrected chi connectivity index (χ0v) is 10.6. The molecule has 0 bridgehead atoms. The molecule has 0 spiro atoms. The van der Waals surface area contributed by atoms with Gasteiger partial charge in [-0.3, -0.25) is 4.98 Å². The van der Waals surface area contributed by atoms with E-state index in [2.05, 4.69) is 10.3 Å². The van der Waals surface area contributed by atoms with E-state index >= 15 is 0 Å². The van der Waals surface area contributed by atoms with E-state index in [0.717, 1.165) is 30.8 Å². The van der Waals surface area contributed by atoms with Gasteiger partial charge in [-0.05, 0) is 31.9 Å². The van der Waals surface area contributed by atoms with Crippen molar-refractivity contribution in [3.8, 4) is 0 Å². The van der Waals surface area contributed by atoms with Crippen molar-refractivity contribution in [2.75, 3.05) is 6.61 Å². The lowest BCUT2D eigenvalue weighted by Gasteiger charge is -2.36. The second kappa shape index (κ2) is 5.61. The Labute approximate surface area is 103 Å². The van der Waals surface area contributed by atoms with Crippen molar-refractivity contribution in [1.82, 2.24) is 10.3 Å². The number of hydrogen-bond donors (Lipinski definition) is 2. The molecule has 0 saturated heterocycles. The summed E-state index contributed by atoms with van der Waals surface area (Å²) in [6.07, 6.45) is 5.89. The van der Waals surface area contributed by atoms with Crippen LogP contribution in [0.5, 0.6) is 0 Å². The maximum Gasteiger partial charge on any atom is 0.0613 e. The zero-order chi connectivity index (χ0) is 12.1. The molecule has 1 aromatic heterocycles. The van der Waals surface area contributed by atoms with Crippen LogP contribution in [-0.4, -0.2) is 22.2 Å². The molecule has 1 aliphatic carbocycles. The first kappa shape index (κ1) is 12.5. The molecule has 1 aromatic rings. The molecule has 1 aliphatic rings. The van der Waals surface area contributed by atoms with E-state index in [4.69, 9.17) is 0 Å². The van der Waals surface area contributed by atoms with Crippen molar-refractivity contribution in [3.63, 3.8) is 0 Å². The smallest absolute Gasteiger partial charge is 0.0613 e. The van der Waals surface area contributed by atoms with Gasteiger partial charge in [0.25, 0.3) is 0 Å². The Morgan fingerprint density at radius 3 is 2.71 bits per heavy atom. The third-order valence-corrected chi connectivity index (χ3v) is 3.70. The minimum Gasteiger partial charge on any atom is -0.394 e. The van der Waals surface area contributed by atoms with Gasteiger partial charge in [0.1, 0.15) is 0 Å². The summed E-state index contributed by atoms with van der Waals surface area (Å²) < 4.78 is 0. The molecule has 0 amide bonds. The van der Waals surface area contributed by atoms with Crippen molar-refractivity contribution in [1.29, 1.82) is 0 Å². The van der Waals surface area contributed by atoms with Crippen LogP contribution in [0.3, 0.4) is 0 Å². The molecule has 17 heavy (non-hydrogen) atoms. The first-order valence-electron chi connectivity index (χ1n) is 6.53. The van der Waals surface area contributed by atoms with Gasteiger partial charge in [0, 0.05) is 17.8 Å². The number of aromatic nitrogens is 1. The normalized spacial score (nSPS) is 19.2. The highest BCUT2D eigenvalue weighted by Crippen LogP contribution is 2.27. The van der Waals surface area contributed by atoms with Crippen LogP contribution in [0.4, 0.5) is 0 Å². The van der Waals surface area contributed by atoms with Crippen molar-refractivity contribution < 1.29 is 5.11 Å². The Morgan fingerprint density at radius 1 is 1.29 bits per heavy atom. The summed E-state index contributed by atoms with van der Waals surface area (Å²) in [5.41, 5.74) is 2.04. The van der Waals surface area contributed by atoms with E-state index in [1.54, 1.807) is 0 Å². The molecule has 1 saturated carbocycles. The summed E-state index contributed by atoms with van der Waals surface area (Å²) in [7, 11) is 0. The molecule has 2 N–H and O–H groups in total. The molecule has 94 valence electrons. The van der Waals surface area contributed by atoms with Crippen LogP contribution >= 0.6 is 0 Å². The molecule has 0 atom stereocenters. The molecule has 0 aliphatic heterocycles. The highest BCUT2D eigenvalue weighted by atomic mass is 16.3. The number of hydrogen-bond acceptors (Lipinski definition) is 3. The fourth-order valence-corrected chi connectivity index (χ4v) is 2.60. The average Bonchev–Trinajstić information content (AvgIpc) is 2.38. The number of aliphatic hydroxyl groups is 1. The maximum atomic E-state index is 9.59. The molecule has 1 heterocycles. The Balaban J connectivity index is 1.95. The lowest BCUT2D eigenvalue weighted by molar-refractivity contribution is 0.119. The molecule has 3 nitrogen and oxygen atoms in total. The summed E-state index contributed by atoms with van der Waals surface area (Å²) in [4.78, 5) is 4.48. The van der Waals surface area contributed by atoms with Gasteiger partial charge in [0.05, 0.1) is 12.3 Å². The van der Waals surface area contributed by atoms with Gasteiger partial charge in [-0.25, -0.2) is 0 Å². The number of pyridine rings is 1. The predicted octanol–water partition coefficient (Wildman–Crippen LogP) is 2.17. The topological polar surface area (TPSA) is 45.1 Å². The van der Waals surface area contributed by atoms with Crippen LogP contribution in [0.15, 0.2) is 18.2 Å². The van der Waals surface area contributed by atoms with Crippen LogP contribution in [0.1, 0.15) is 43.5 Å². The Bertz CT molecular complexity index is 359. The average molecular weight is 234 g/mol. The van der Waals surface area contributed by atoms with Crippen LogP contribution < -0.4 is 5.32 Å². The highest BCUT2D eigenvalue weighted by Gasteiger charge is 2.30. The summed E-state index contributed by atoms with van der Waals surface area (Å²) in [5.74, 6) is 0. The lowest BCUT2D eigenvalue weighted by atomic mass is 9.82. The van der Waals surface area contributed by atoms with E-state index in [-0.39, 0.29) is 12.1 Å². The molecule has 1 fully saturated rings. The second-order valence-corrected chi connectivity index (χ2v) is 5.12. The summed E-state index contributed by atoms with van der Waals surface area (Å²) in [5, 5.41) is 13.1. The minimum atomic E-state index is -0.0658. The standard InChI is InChI=1S/C14H22N2O/c1-12-6-5-7-13(16-12)10-15-14(11-17)8-3-2-4-9-14/h5-7,15,17H,2-4,8-11H2,1H3. The van der Waals surface area contributed by atoms with Gasteiger partial charge in [0.15, 0.2) is 0 Å². The van der Waals surface area contributed by atoms with Gasteiger partial charge < -0.3 is 10.4 Å². The predicted molar refractivity (Wildman–Crippen MR) is 68.7 cm³/mol. The third-order valence-electron chi connectivity index (χ3n) is 3.70. The molecular formula is C14H22N2O. The van der Waals surface area contributed by atoms with Gasteiger partial charge in [-0.2, -0.15) is 0 Å². The molecule has 2 rings (SSSR count). The minimum absolute atomic E-state index is 0.0658. The van der Waals surface area contributed by atoms with E-state index in [0.29, 0.717) is 0 Å². The lowest BCUT2D eigenvalue weighted by Crippen LogP contribution is -2.49. The number of nitrogens with zero attached hydrogens (tertiary/aromatic N) is 1. The van der Waals surface area contributed by atoms with E-state index in [1.807, 2.05) is 25.1 Å². The molecule has 0 unspecified atom stereocenters. The Morgan fingerprint density at radius 2 is 2.06 bits per heavy atom. The highest BCUT2D eigenvalue weighted by molar-refractivity contribution is 5.10. The van der Waals surface area contributed by atoms with Crippen molar-refractivity contribution >= 4 is 0 Å². The van der Waals surface area contributed by atoms with Gasteiger partial charge >= 0.3 is 0 Å². The molecule has 0 aromatic carbocycles. The SMILES string of the molecule is Cc1cccc(CNC2(CO)CCCCC2)n1. The maximum absolute atomic E-state index is 9.59. The van der Waals surface area contributed by atoms with E-state index in [9.17, 15) is 5.11 Å². The summed E-state index contributed by atoms with van der Waals surface area (Å²) in [6.45, 7) is 2.99. The Hall–Kier alpha value is -0.930. The van der Waals surface area contributed by atoms with Crippen LogP contribution in [-0.2, 0) is 6.54 Å². The molecule has 3 heteroatoms. The van der Waals surface area contributed by atoms with Crippen molar-refractivity contribution in [3.05, 3.63) is 29.6 Å². The van der Waals surface area contributed by atoms with Crippen LogP contribution in [0.25, 0.3) is 0 Å². The third kappa shape index (κ3) is 3.27. The second-order valence-electron chi connectivity index (χ2n) is 5.12. The summed E-state index contributed by atoms with van der Waals surface area (Å²) in [6, 6.07) is 6.08. The number of aryl methyl sites for hydroxylation is 1. The van der Waals surface area contributed by atoms with E-state index in [1.165, 1.54) is 19.3 Å². The first-order chi connectivity index (χ1) is 8.24. The van der Waals surface area contributed by atoms with Gasteiger partial charge in [-0.15, -0.1) is 0 Å². The quantitative estimate of drug-likeness (QED) is 0.839. The fourth-order valence-electron chi connectivity index (χ4n) is 2.60. The first-order valence-corrected chi connectivity index (χ1v) is 6.53. The zero-order valence-electron chi connectivity index (χ0n) is 10.6. The van der Waals surface area contributed by atoms with Gasteiger partial charge in [0.2, 0.25) is 0 Å². The number of aliphatic hydroxyl groups excluding tert-OH is 1. The fraction of sp³-hybridized carbons (Fsp3) is 0.643. The van der Waals surface area contributed by atoms with Crippen LogP contribution in [0, 0.1) is 6.92 Å². The monoisotopic (exact) mass is 234 g/mol. The van der Waals surface area contributed by atoms with Crippen molar-refractivity contribution in [2.45, 2.75) is 51.1 Å².